The van der Waals surface area contributed by atoms with Crippen molar-refractivity contribution in [2.45, 2.75) is 46.8 Å². The quantitative estimate of drug-likeness (QED) is 0.322. The predicted octanol–water partition coefficient (Wildman–Crippen LogP) is 3.26. The molecule has 0 fully saturated rings. The molecule has 0 bridgehead atoms. The topological polar surface area (TPSA) is 85.7 Å². The fourth-order valence-electron chi connectivity index (χ4n) is 4.92. The number of hydrazine groups is 1. The van der Waals surface area contributed by atoms with E-state index in [-0.39, 0.29) is 37.3 Å². The number of fused-ring (bicyclic) bond motifs is 2. The Morgan fingerprint density at radius 1 is 1.05 bits per heavy atom. The van der Waals surface area contributed by atoms with E-state index in [2.05, 4.69) is 27.9 Å². The van der Waals surface area contributed by atoms with Crippen molar-refractivity contribution in [1.29, 1.82) is 0 Å². The van der Waals surface area contributed by atoms with Gasteiger partial charge in [0.1, 0.15) is 6.54 Å². The molecule has 2 aromatic carbocycles. The number of amides is 2. The Kier molecular flexibility index (Phi) is 11.0. The van der Waals surface area contributed by atoms with Crippen molar-refractivity contribution in [3.05, 3.63) is 58.8 Å². The van der Waals surface area contributed by atoms with Crippen molar-refractivity contribution in [2.75, 3.05) is 44.7 Å². The number of anilines is 1. The van der Waals surface area contributed by atoms with Crippen LogP contribution in [-0.4, -0.2) is 77.8 Å². The summed E-state index contributed by atoms with van der Waals surface area (Å²) in [6.45, 7) is 8.26. The van der Waals surface area contributed by atoms with E-state index in [9.17, 15) is 18.4 Å². The number of halogens is 3. The SMILES string of the molecule is CCNCCN(C(=O)CNCC(=O)N(C)N1Cc2ccccc2C1)c1cc2nn(CC(F)F)c(C)c2cc1C.Cl. The summed E-state index contributed by atoms with van der Waals surface area (Å²) >= 11 is 0. The fraction of sp³-hybridized carbons (Fsp3) is 0.464. The molecule has 0 unspecified atom stereocenters. The standard InChI is InChI=1S/C28H37F2N7O2.ClH/c1-5-31-10-11-36(25-13-24-23(12-19(25)2)20(3)37(33-24)18-26(29)30)28(39)15-32-14-27(38)34(4)35-16-21-8-6-7-9-22(21)17-35;/h6-9,12-13,26,31-32H,5,10-11,14-18H2,1-4H3;1H. The molecule has 0 spiro atoms. The minimum absolute atomic E-state index is 0. The zero-order valence-corrected chi connectivity index (χ0v) is 24.2. The van der Waals surface area contributed by atoms with E-state index in [4.69, 9.17) is 0 Å². The second-order valence-electron chi connectivity index (χ2n) is 9.83. The van der Waals surface area contributed by atoms with Gasteiger partial charge in [-0.2, -0.15) is 5.10 Å². The van der Waals surface area contributed by atoms with E-state index < -0.39 is 13.0 Å². The van der Waals surface area contributed by atoms with E-state index in [0.717, 1.165) is 17.5 Å². The van der Waals surface area contributed by atoms with Crippen LogP contribution in [0.4, 0.5) is 14.5 Å². The van der Waals surface area contributed by atoms with Crippen molar-refractivity contribution >= 4 is 40.8 Å². The average molecular weight is 578 g/mol. The number of likely N-dealkylation sites (N-methyl/N-ethyl adjacent to an activating group) is 2. The van der Waals surface area contributed by atoms with Crippen LogP contribution in [-0.2, 0) is 29.2 Å². The molecule has 1 aliphatic rings. The molecule has 40 heavy (non-hydrogen) atoms. The van der Waals surface area contributed by atoms with E-state index in [1.165, 1.54) is 15.8 Å². The van der Waals surface area contributed by atoms with E-state index in [0.29, 0.717) is 43.1 Å². The molecule has 1 aliphatic heterocycles. The first kappa shape index (κ1) is 31.4. The van der Waals surface area contributed by atoms with Gasteiger partial charge < -0.3 is 10.2 Å². The minimum Gasteiger partial charge on any atom is -0.315 e. The van der Waals surface area contributed by atoms with Crippen molar-refractivity contribution in [3.8, 4) is 0 Å². The van der Waals surface area contributed by atoms with Gasteiger partial charge in [-0.3, -0.25) is 24.6 Å². The highest BCUT2D eigenvalue weighted by Crippen LogP contribution is 2.29. The summed E-state index contributed by atoms with van der Waals surface area (Å²) in [5.74, 6) is -0.324. The second kappa shape index (κ2) is 14.0. The molecule has 12 heteroatoms. The zero-order valence-electron chi connectivity index (χ0n) is 23.4. The zero-order chi connectivity index (χ0) is 28.1. The third-order valence-electron chi connectivity index (χ3n) is 7.15. The van der Waals surface area contributed by atoms with Crippen LogP contribution < -0.4 is 15.5 Å². The predicted molar refractivity (Wildman–Crippen MR) is 155 cm³/mol. The molecule has 218 valence electrons. The molecule has 0 atom stereocenters. The number of nitrogens with zero attached hydrogens (tertiary/aromatic N) is 5. The van der Waals surface area contributed by atoms with Gasteiger partial charge in [0.2, 0.25) is 5.91 Å². The number of alkyl halides is 2. The molecule has 0 radical (unpaired) electrons. The van der Waals surface area contributed by atoms with Gasteiger partial charge in [-0.05, 0) is 49.2 Å². The highest BCUT2D eigenvalue weighted by molar-refractivity contribution is 5.98. The Labute approximate surface area is 239 Å². The maximum atomic E-state index is 13.4. The number of hydrogen-bond donors (Lipinski definition) is 2. The molecule has 0 saturated heterocycles. The van der Waals surface area contributed by atoms with Gasteiger partial charge in [-0.25, -0.2) is 13.8 Å². The molecule has 2 heterocycles. The summed E-state index contributed by atoms with van der Waals surface area (Å²) in [6.07, 6.45) is -2.51. The number of nitrogens with one attached hydrogen (secondary N) is 2. The molecule has 2 amide bonds. The lowest BCUT2D eigenvalue weighted by atomic mass is 10.1. The Morgan fingerprint density at radius 3 is 2.33 bits per heavy atom. The molecule has 0 saturated carbocycles. The van der Waals surface area contributed by atoms with E-state index >= 15 is 0 Å². The molecule has 2 N–H and O–H groups in total. The number of carbonyl (C=O) groups is 2. The first-order valence-corrected chi connectivity index (χ1v) is 13.3. The molecular weight excluding hydrogens is 540 g/mol. The highest BCUT2D eigenvalue weighted by Gasteiger charge is 2.25. The Balaban J connectivity index is 0.00000441. The lowest BCUT2D eigenvalue weighted by Gasteiger charge is -2.28. The summed E-state index contributed by atoms with van der Waals surface area (Å²) in [7, 11) is 1.74. The molecule has 4 rings (SSSR count). The van der Waals surface area contributed by atoms with Gasteiger partial charge in [0.15, 0.2) is 0 Å². The second-order valence-corrected chi connectivity index (χ2v) is 9.83. The van der Waals surface area contributed by atoms with Crippen LogP contribution in [0.5, 0.6) is 0 Å². The van der Waals surface area contributed by atoms with Gasteiger partial charge in [0.25, 0.3) is 12.3 Å². The maximum Gasteiger partial charge on any atom is 0.257 e. The van der Waals surface area contributed by atoms with Crippen molar-refractivity contribution in [1.82, 2.24) is 30.4 Å². The highest BCUT2D eigenvalue weighted by atomic mass is 35.5. The first-order chi connectivity index (χ1) is 18.7. The monoisotopic (exact) mass is 577 g/mol. The van der Waals surface area contributed by atoms with Gasteiger partial charge in [0.05, 0.1) is 18.6 Å². The summed E-state index contributed by atoms with van der Waals surface area (Å²) in [5.41, 5.74) is 5.15. The van der Waals surface area contributed by atoms with Crippen molar-refractivity contribution in [2.24, 2.45) is 0 Å². The van der Waals surface area contributed by atoms with Crippen LogP contribution >= 0.6 is 12.4 Å². The van der Waals surface area contributed by atoms with Crippen molar-refractivity contribution in [3.63, 3.8) is 0 Å². The molecule has 1 aromatic heterocycles. The van der Waals surface area contributed by atoms with Crippen LogP contribution in [0.1, 0.15) is 29.3 Å². The Hall–Kier alpha value is -3.12. The Bertz CT molecular complexity index is 1310. The van der Waals surface area contributed by atoms with Crippen LogP contribution in [0.3, 0.4) is 0 Å². The number of aromatic nitrogens is 2. The molecule has 9 nitrogen and oxygen atoms in total. The maximum absolute atomic E-state index is 13.4. The van der Waals surface area contributed by atoms with Crippen molar-refractivity contribution < 1.29 is 18.4 Å². The smallest absolute Gasteiger partial charge is 0.257 e. The third-order valence-corrected chi connectivity index (χ3v) is 7.15. The molecule has 3 aromatic rings. The van der Waals surface area contributed by atoms with Gasteiger partial charge in [-0.15, -0.1) is 12.4 Å². The Morgan fingerprint density at radius 2 is 1.70 bits per heavy atom. The average Bonchev–Trinajstić information content (AvgIpc) is 3.46. The molecule has 0 aliphatic carbocycles. The normalized spacial score (nSPS) is 13.0. The minimum atomic E-state index is -2.51. The van der Waals surface area contributed by atoms with Gasteiger partial charge in [0, 0.05) is 50.0 Å². The summed E-state index contributed by atoms with van der Waals surface area (Å²) < 4.78 is 27.3. The van der Waals surface area contributed by atoms with E-state index in [1.54, 1.807) is 29.9 Å². The van der Waals surface area contributed by atoms with E-state index in [1.807, 2.05) is 37.1 Å². The first-order valence-electron chi connectivity index (χ1n) is 13.3. The lowest BCUT2D eigenvalue weighted by molar-refractivity contribution is -0.145. The lowest BCUT2D eigenvalue weighted by Crippen LogP contribution is -2.47. The number of benzene rings is 2. The number of aryl methyl sites for hydroxylation is 2. The van der Waals surface area contributed by atoms with Crippen LogP contribution in [0.25, 0.3) is 10.9 Å². The van der Waals surface area contributed by atoms with Crippen LogP contribution in [0, 0.1) is 13.8 Å². The largest absolute Gasteiger partial charge is 0.315 e. The number of carbonyl (C=O) groups excluding carboxylic acids is 2. The van der Waals surface area contributed by atoms with Gasteiger partial charge in [-0.1, -0.05) is 31.2 Å². The van der Waals surface area contributed by atoms with Crippen LogP contribution in [0.2, 0.25) is 0 Å². The fourth-order valence-corrected chi connectivity index (χ4v) is 4.92. The third kappa shape index (κ3) is 7.14. The van der Waals surface area contributed by atoms with Crippen LogP contribution in [0.15, 0.2) is 36.4 Å². The number of rotatable bonds is 12. The summed E-state index contributed by atoms with van der Waals surface area (Å²) in [4.78, 5) is 27.9. The molecular formula is C28H38ClF2N7O2. The number of hydrogen-bond acceptors (Lipinski definition) is 6. The van der Waals surface area contributed by atoms with Gasteiger partial charge >= 0.3 is 0 Å². The summed E-state index contributed by atoms with van der Waals surface area (Å²) in [6, 6.07) is 11.8. The summed E-state index contributed by atoms with van der Waals surface area (Å²) in [5, 5.41) is 15.0.